The molecule has 1 aromatic carbocycles. The molecule has 1 amide bonds. The van der Waals surface area contributed by atoms with Crippen LogP contribution < -0.4 is 10.1 Å². The van der Waals surface area contributed by atoms with Gasteiger partial charge in [-0.3, -0.25) is 9.59 Å². The van der Waals surface area contributed by atoms with Crippen molar-refractivity contribution in [1.29, 1.82) is 0 Å². The molecule has 0 fully saturated rings. The van der Waals surface area contributed by atoms with Gasteiger partial charge in [0, 0.05) is 12.1 Å². The Hall–Kier alpha value is -2.04. The Morgan fingerprint density at radius 2 is 2.00 bits per heavy atom. The molecule has 0 spiro atoms. The van der Waals surface area contributed by atoms with E-state index in [2.05, 4.69) is 5.32 Å². The van der Waals surface area contributed by atoms with E-state index in [-0.39, 0.29) is 18.4 Å². The summed E-state index contributed by atoms with van der Waals surface area (Å²) in [4.78, 5) is 23.1. The molecule has 1 atom stereocenters. The van der Waals surface area contributed by atoms with Gasteiger partial charge >= 0.3 is 5.97 Å². The molecule has 0 aromatic heterocycles. The fourth-order valence-corrected chi connectivity index (χ4v) is 1.87. The summed E-state index contributed by atoms with van der Waals surface area (Å²) in [6.07, 6.45) is 0. The molecule has 5 heteroatoms. The second-order valence-electron chi connectivity index (χ2n) is 5.08. The van der Waals surface area contributed by atoms with E-state index in [0.29, 0.717) is 11.3 Å². The van der Waals surface area contributed by atoms with Crippen LogP contribution in [-0.4, -0.2) is 30.6 Å². The number of carboxylic acid groups (broad SMARTS) is 1. The van der Waals surface area contributed by atoms with E-state index in [0.717, 1.165) is 5.56 Å². The lowest BCUT2D eigenvalue weighted by molar-refractivity contribution is -0.142. The smallest absolute Gasteiger partial charge is 0.308 e. The van der Waals surface area contributed by atoms with Gasteiger partial charge in [-0.15, -0.1) is 0 Å². The number of amides is 1. The summed E-state index contributed by atoms with van der Waals surface area (Å²) in [7, 11) is 1.54. The van der Waals surface area contributed by atoms with Crippen LogP contribution in [0.5, 0.6) is 5.75 Å². The van der Waals surface area contributed by atoms with Crippen molar-refractivity contribution in [3.05, 3.63) is 29.3 Å². The molecule has 0 bridgehead atoms. The van der Waals surface area contributed by atoms with Crippen LogP contribution in [-0.2, 0) is 4.79 Å². The molecule has 20 heavy (non-hydrogen) atoms. The third-order valence-electron chi connectivity index (χ3n) is 3.27. The molecule has 110 valence electrons. The minimum absolute atomic E-state index is 0.0413. The van der Waals surface area contributed by atoms with Gasteiger partial charge in [0.15, 0.2) is 0 Å². The van der Waals surface area contributed by atoms with Crippen molar-refractivity contribution in [2.45, 2.75) is 20.8 Å². The molecule has 1 unspecified atom stereocenters. The topological polar surface area (TPSA) is 75.6 Å². The maximum Gasteiger partial charge on any atom is 0.308 e. The lowest BCUT2D eigenvalue weighted by Gasteiger charge is -2.17. The molecule has 2 N–H and O–H groups in total. The van der Waals surface area contributed by atoms with Gasteiger partial charge in [0.25, 0.3) is 5.91 Å². The Kier molecular flexibility index (Phi) is 5.55. The summed E-state index contributed by atoms with van der Waals surface area (Å²) in [6, 6.07) is 5.14. The van der Waals surface area contributed by atoms with Gasteiger partial charge in [-0.25, -0.2) is 0 Å². The SMILES string of the molecule is COc1cc(C(=O)NCC(C(=O)O)C(C)C)ccc1C. The summed E-state index contributed by atoms with van der Waals surface area (Å²) in [5, 5.41) is 11.7. The van der Waals surface area contributed by atoms with Crippen LogP contribution >= 0.6 is 0 Å². The number of carbonyl (C=O) groups is 2. The van der Waals surface area contributed by atoms with Crippen LogP contribution in [0.25, 0.3) is 0 Å². The highest BCUT2D eigenvalue weighted by molar-refractivity contribution is 5.94. The van der Waals surface area contributed by atoms with Gasteiger partial charge in [-0.1, -0.05) is 19.9 Å². The zero-order chi connectivity index (χ0) is 15.3. The molecule has 0 aliphatic carbocycles. The monoisotopic (exact) mass is 279 g/mol. The Balaban J connectivity index is 2.74. The minimum Gasteiger partial charge on any atom is -0.496 e. The first kappa shape index (κ1) is 16.0. The number of aryl methyl sites for hydroxylation is 1. The van der Waals surface area contributed by atoms with Crippen LogP contribution in [0.15, 0.2) is 18.2 Å². The molecule has 5 nitrogen and oxygen atoms in total. The van der Waals surface area contributed by atoms with Gasteiger partial charge in [0.05, 0.1) is 13.0 Å². The number of aliphatic carboxylic acids is 1. The zero-order valence-electron chi connectivity index (χ0n) is 12.3. The quantitative estimate of drug-likeness (QED) is 0.836. The predicted molar refractivity (Wildman–Crippen MR) is 76.0 cm³/mol. The van der Waals surface area contributed by atoms with Crippen LogP contribution in [0.2, 0.25) is 0 Å². The summed E-state index contributed by atoms with van der Waals surface area (Å²) in [6.45, 7) is 5.64. The van der Waals surface area contributed by atoms with Crippen molar-refractivity contribution in [2.24, 2.45) is 11.8 Å². The predicted octanol–water partition coefficient (Wildman–Crippen LogP) is 2.09. The first-order valence-corrected chi connectivity index (χ1v) is 6.52. The number of rotatable bonds is 6. The Morgan fingerprint density at radius 1 is 1.35 bits per heavy atom. The Bertz CT molecular complexity index is 497. The van der Waals surface area contributed by atoms with Crippen molar-refractivity contribution in [3.8, 4) is 5.75 Å². The van der Waals surface area contributed by atoms with E-state index in [4.69, 9.17) is 9.84 Å². The Labute approximate surface area is 118 Å². The molecule has 0 saturated carbocycles. The first-order valence-electron chi connectivity index (χ1n) is 6.52. The van der Waals surface area contributed by atoms with Crippen molar-refractivity contribution < 1.29 is 19.4 Å². The van der Waals surface area contributed by atoms with Crippen LogP contribution in [0.4, 0.5) is 0 Å². The second-order valence-corrected chi connectivity index (χ2v) is 5.08. The van der Waals surface area contributed by atoms with Crippen LogP contribution in [0, 0.1) is 18.8 Å². The van der Waals surface area contributed by atoms with Crippen LogP contribution in [0.3, 0.4) is 0 Å². The van der Waals surface area contributed by atoms with E-state index in [1.807, 2.05) is 20.8 Å². The molecular formula is C15H21NO4. The molecule has 1 rings (SSSR count). The summed E-state index contributed by atoms with van der Waals surface area (Å²) >= 11 is 0. The standard InChI is InChI=1S/C15H21NO4/c1-9(2)12(15(18)19)8-16-14(17)11-6-5-10(3)13(7-11)20-4/h5-7,9,12H,8H2,1-4H3,(H,16,17)(H,18,19). The van der Waals surface area contributed by atoms with Crippen molar-refractivity contribution in [1.82, 2.24) is 5.32 Å². The maximum atomic E-state index is 12.0. The highest BCUT2D eigenvalue weighted by Crippen LogP contribution is 2.19. The largest absolute Gasteiger partial charge is 0.496 e. The number of methoxy groups -OCH3 is 1. The van der Waals surface area contributed by atoms with Gasteiger partial charge in [0.1, 0.15) is 5.75 Å². The van der Waals surface area contributed by atoms with Gasteiger partial charge in [0.2, 0.25) is 0 Å². The molecule has 0 radical (unpaired) electrons. The molecule has 0 saturated heterocycles. The summed E-state index contributed by atoms with van der Waals surface area (Å²) < 4.78 is 5.16. The normalized spacial score (nSPS) is 12.1. The Morgan fingerprint density at radius 3 is 2.50 bits per heavy atom. The lowest BCUT2D eigenvalue weighted by Crippen LogP contribution is -2.35. The van der Waals surface area contributed by atoms with Crippen molar-refractivity contribution >= 4 is 11.9 Å². The minimum atomic E-state index is -0.901. The number of carboxylic acids is 1. The fraction of sp³-hybridized carbons (Fsp3) is 0.467. The van der Waals surface area contributed by atoms with E-state index >= 15 is 0 Å². The fourth-order valence-electron chi connectivity index (χ4n) is 1.87. The third-order valence-corrected chi connectivity index (χ3v) is 3.27. The van der Waals surface area contributed by atoms with Crippen molar-refractivity contribution in [3.63, 3.8) is 0 Å². The number of nitrogens with one attached hydrogen (secondary N) is 1. The number of ether oxygens (including phenoxy) is 1. The molecule has 0 heterocycles. The summed E-state index contributed by atoms with van der Waals surface area (Å²) in [5.74, 6) is -1.19. The van der Waals surface area contributed by atoms with Gasteiger partial charge in [-0.2, -0.15) is 0 Å². The maximum absolute atomic E-state index is 12.0. The summed E-state index contributed by atoms with van der Waals surface area (Å²) in [5.41, 5.74) is 1.40. The molecular weight excluding hydrogens is 258 g/mol. The number of benzene rings is 1. The third kappa shape index (κ3) is 3.98. The zero-order valence-corrected chi connectivity index (χ0v) is 12.3. The number of carbonyl (C=O) groups excluding carboxylic acids is 1. The molecule has 0 aliphatic heterocycles. The highest BCUT2D eigenvalue weighted by atomic mass is 16.5. The van der Waals surface area contributed by atoms with Crippen molar-refractivity contribution in [2.75, 3.05) is 13.7 Å². The average molecular weight is 279 g/mol. The van der Waals surface area contributed by atoms with Gasteiger partial charge in [-0.05, 0) is 30.5 Å². The van der Waals surface area contributed by atoms with Gasteiger partial charge < -0.3 is 15.2 Å². The van der Waals surface area contributed by atoms with Crippen LogP contribution in [0.1, 0.15) is 29.8 Å². The first-order chi connectivity index (χ1) is 9.36. The van der Waals surface area contributed by atoms with E-state index in [1.165, 1.54) is 0 Å². The average Bonchev–Trinajstić information content (AvgIpc) is 2.38. The molecule has 0 aliphatic rings. The van der Waals surface area contributed by atoms with E-state index in [1.54, 1.807) is 25.3 Å². The molecule has 1 aromatic rings. The highest BCUT2D eigenvalue weighted by Gasteiger charge is 2.22. The number of hydrogen-bond donors (Lipinski definition) is 2. The number of hydrogen-bond acceptors (Lipinski definition) is 3. The lowest BCUT2D eigenvalue weighted by atomic mass is 9.96. The van der Waals surface area contributed by atoms with E-state index in [9.17, 15) is 9.59 Å². The van der Waals surface area contributed by atoms with E-state index < -0.39 is 11.9 Å². The second kappa shape index (κ2) is 6.93.